The lowest BCUT2D eigenvalue weighted by Crippen LogP contribution is -2.21. The van der Waals surface area contributed by atoms with Gasteiger partial charge in [0.15, 0.2) is 0 Å². The fourth-order valence-corrected chi connectivity index (χ4v) is 0.635. The van der Waals surface area contributed by atoms with Crippen LogP contribution in [-0.2, 0) is 23.9 Å². The number of carbonyl (C=O) groups excluding carboxylic acids is 3. The summed E-state index contributed by atoms with van der Waals surface area (Å²) in [5, 5.41) is 2.03. The largest absolute Gasteiger partial charge is 0.464 e. The first-order chi connectivity index (χ1) is 6.65. The van der Waals surface area contributed by atoms with E-state index in [1.54, 1.807) is 6.92 Å². The lowest BCUT2D eigenvalue weighted by atomic mass is 10.4. The number of hydrogen-bond donors (Lipinski definition) is 1. The summed E-state index contributed by atoms with van der Waals surface area (Å²) in [6.45, 7) is 1.81. The Hall–Kier alpha value is -1.85. The number of ether oxygens (including phenoxy) is 2. The molecule has 0 rings (SSSR count). The van der Waals surface area contributed by atoms with E-state index in [0.717, 1.165) is 13.2 Å². The number of esters is 2. The van der Waals surface area contributed by atoms with Gasteiger partial charge in [-0.3, -0.25) is 4.79 Å². The van der Waals surface area contributed by atoms with Crippen molar-refractivity contribution in [3.63, 3.8) is 0 Å². The quantitative estimate of drug-likeness (QED) is 0.363. The molecular weight excluding hydrogens is 190 g/mol. The fourth-order valence-electron chi connectivity index (χ4n) is 0.635. The topological polar surface area (TPSA) is 81.7 Å². The molecule has 0 atom stereocenters. The zero-order chi connectivity index (χ0) is 11.0. The molecule has 0 spiro atoms. The van der Waals surface area contributed by atoms with Crippen molar-refractivity contribution in [3.8, 4) is 0 Å². The van der Waals surface area contributed by atoms with E-state index in [1.165, 1.54) is 0 Å². The molecule has 0 aliphatic heterocycles. The van der Waals surface area contributed by atoms with Gasteiger partial charge in [0.05, 0.1) is 19.8 Å². The Morgan fingerprint density at radius 3 is 2.50 bits per heavy atom. The molecule has 0 saturated carbocycles. The van der Waals surface area contributed by atoms with Gasteiger partial charge < -0.3 is 14.8 Å². The van der Waals surface area contributed by atoms with Crippen molar-refractivity contribution in [2.75, 3.05) is 13.7 Å². The van der Waals surface area contributed by atoms with Gasteiger partial charge in [-0.15, -0.1) is 0 Å². The number of rotatable bonds is 5. The van der Waals surface area contributed by atoms with E-state index in [-0.39, 0.29) is 18.7 Å². The number of carbonyl (C=O) groups is 3. The highest BCUT2D eigenvalue weighted by Gasteiger charge is 2.11. The molecule has 78 valence electrons. The highest BCUT2D eigenvalue weighted by Crippen LogP contribution is 1.93. The molecule has 0 bridgehead atoms. The Morgan fingerprint density at radius 1 is 1.43 bits per heavy atom. The SMILES string of the molecule is CCOC(=O)/C=C(/NC=O)C(=O)OC. The van der Waals surface area contributed by atoms with Crippen LogP contribution in [0.25, 0.3) is 0 Å². The third-order valence-electron chi connectivity index (χ3n) is 1.17. The number of amides is 1. The van der Waals surface area contributed by atoms with Gasteiger partial charge in [0, 0.05) is 0 Å². The van der Waals surface area contributed by atoms with Gasteiger partial charge in [-0.2, -0.15) is 0 Å². The molecule has 0 fully saturated rings. The molecule has 0 saturated heterocycles. The van der Waals surface area contributed by atoms with Crippen LogP contribution in [0.15, 0.2) is 11.8 Å². The highest BCUT2D eigenvalue weighted by molar-refractivity contribution is 5.97. The van der Waals surface area contributed by atoms with Crippen molar-refractivity contribution in [1.29, 1.82) is 0 Å². The van der Waals surface area contributed by atoms with E-state index >= 15 is 0 Å². The minimum atomic E-state index is -0.815. The van der Waals surface area contributed by atoms with Gasteiger partial charge in [-0.05, 0) is 6.92 Å². The Labute approximate surface area is 80.9 Å². The summed E-state index contributed by atoms with van der Waals surface area (Å²) in [6.07, 6.45) is 1.12. The average Bonchev–Trinajstić information content (AvgIpc) is 2.16. The van der Waals surface area contributed by atoms with E-state index in [4.69, 9.17) is 0 Å². The summed E-state index contributed by atoms with van der Waals surface area (Å²) in [6, 6.07) is 0. The minimum absolute atomic E-state index is 0.185. The smallest absolute Gasteiger partial charge is 0.354 e. The fraction of sp³-hybridized carbons (Fsp3) is 0.375. The first kappa shape index (κ1) is 12.2. The summed E-state index contributed by atoms with van der Waals surface area (Å²) in [5.74, 6) is -1.53. The Morgan fingerprint density at radius 2 is 2.07 bits per heavy atom. The first-order valence-corrected chi connectivity index (χ1v) is 3.82. The van der Waals surface area contributed by atoms with Crippen LogP contribution >= 0.6 is 0 Å². The zero-order valence-electron chi connectivity index (χ0n) is 7.90. The molecule has 0 heterocycles. The third kappa shape index (κ3) is 4.24. The molecule has 0 unspecified atom stereocenters. The van der Waals surface area contributed by atoms with Crippen LogP contribution in [0.2, 0.25) is 0 Å². The number of nitrogens with one attached hydrogen (secondary N) is 1. The molecule has 6 nitrogen and oxygen atoms in total. The summed E-state index contributed by atoms with van der Waals surface area (Å²) in [5.41, 5.74) is -0.263. The maximum atomic E-state index is 10.9. The maximum absolute atomic E-state index is 10.9. The van der Waals surface area contributed by atoms with E-state index in [1.807, 2.05) is 5.32 Å². The van der Waals surface area contributed by atoms with E-state index < -0.39 is 11.9 Å². The number of hydrogen-bond acceptors (Lipinski definition) is 5. The van der Waals surface area contributed by atoms with Gasteiger partial charge in [-0.25, -0.2) is 9.59 Å². The predicted molar refractivity (Wildman–Crippen MR) is 45.9 cm³/mol. The molecule has 0 aromatic carbocycles. The van der Waals surface area contributed by atoms with Crippen molar-refractivity contribution in [2.24, 2.45) is 0 Å². The van der Waals surface area contributed by atoms with E-state index in [0.29, 0.717) is 0 Å². The molecular formula is C8H11NO5. The molecule has 0 aliphatic carbocycles. The Kier molecular flexibility index (Phi) is 5.77. The maximum Gasteiger partial charge on any atom is 0.354 e. The lowest BCUT2D eigenvalue weighted by Gasteiger charge is -2.02. The third-order valence-corrected chi connectivity index (χ3v) is 1.17. The molecule has 0 aromatic heterocycles. The van der Waals surface area contributed by atoms with Crippen LogP contribution in [0.1, 0.15) is 6.92 Å². The van der Waals surface area contributed by atoms with Gasteiger partial charge >= 0.3 is 11.9 Å². The van der Waals surface area contributed by atoms with Crippen molar-refractivity contribution in [3.05, 3.63) is 11.8 Å². The molecule has 14 heavy (non-hydrogen) atoms. The second-order valence-corrected chi connectivity index (χ2v) is 2.06. The van der Waals surface area contributed by atoms with Crippen molar-refractivity contribution in [2.45, 2.75) is 6.92 Å². The standard InChI is InChI=1S/C8H11NO5/c1-3-14-7(11)4-6(9-5-10)8(12)13-2/h4-5H,3H2,1-2H3,(H,9,10)/b6-4+. The predicted octanol–water partition coefficient (Wildman–Crippen LogP) is -0.648. The van der Waals surface area contributed by atoms with Crippen molar-refractivity contribution in [1.82, 2.24) is 5.32 Å². The van der Waals surface area contributed by atoms with Crippen LogP contribution in [0, 0.1) is 0 Å². The van der Waals surface area contributed by atoms with Crippen LogP contribution < -0.4 is 5.32 Å². The van der Waals surface area contributed by atoms with Crippen LogP contribution in [0.3, 0.4) is 0 Å². The summed E-state index contributed by atoms with van der Waals surface area (Å²) < 4.78 is 8.84. The highest BCUT2D eigenvalue weighted by atomic mass is 16.5. The van der Waals surface area contributed by atoms with Crippen molar-refractivity contribution < 1.29 is 23.9 Å². The van der Waals surface area contributed by atoms with Gasteiger partial charge in [0.25, 0.3) is 0 Å². The van der Waals surface area contributed by atoms with Crippen molar-refractivity contribution >= 4 is 18.3 Å². The average molecular weight is 201 g/mol. The van der Waals surface area contributed by atoms with E-state index in [2.05, 4.69) is 9.47 Å². The molecule has 0 aromatic rings. The molecule has 6 heteroatoms. The van der Waals surface area contributed by atoms with Crippen LogP contribution in [0.4, 0.5) is 0 Å². The molecule has 0 aliphatic rings. The number of methoxy groups -OCH3 is 1. The Balaban J connectivity index is 4.54. The molecule has 0 radical (unpaired) electrons. The summed E-state index contributed by atoms with van der Waals surface area (Å²) >= 11 is 0. The van der Waals surface area contributed by atoms with Gasteiger partial charge in [-0.1, -0.05) is 0 Å². The molecule has 1 N–H and O–H groups in total. The normalized spacial score (nSPS) is 10.3. The van der Waals surface area contributed by atoms with E-state index in [9.17, 15) is 14.4 Å². The van der Waals surface area contributed by atoms with Crippen LogP contribution in [0.5, 0.6) is 0 Å². The monoisotopic (exact) mass is 201 g/mol. The first-order valence-electron chi connectivity index (χ1n) is 3.82. The van der Waals surface area contributed by atoms with Gasteiger partial charge in [0.1, 0.15) is 5.70 Å². The zero-order valence-corrected chi connectivity index (χ0v) is 7.90. The second-order valence-electron chi connectivity index (χ2n) is 2.06. The molecule has 1 amide bonds. The lowest BCUT2D eigenvalue weighted by molar-refractivity contribution is -0.140. The summed E-state index contributed by atoms with van der Waals surface area (Å²) in [4.78, 5) is 31.9. The van der Waals surface area contributed by atoms with Gasteiger partial charge in [0.2, 0.25) is 6.41 Å². The Bertz CT molecular complexity index is 258. The summed E-state index contributed by atoms with van der Waals surface area (Å²) in [7, 11) is 1.13. The van der Waals surface area contributed by atoms with Crippen LogP contribution in [-0.4, -0.2) is 32.1 Å². The second kappa shape index (κ2) is 6.64. The minimum Gasteiger partial charge on any atom is -0.464 e.